The van der Waals surface area contributed by atoms with Gasteiger partial charge in [-0.1, -0.05) is 0 Å². The third-order valence-corrected chi connectivity index (χ3v) is 2.93. The molecule has 2 unspecified atom stereocenters. The van der Waals surface area contributed by atoms with E-state index >= 15 is 0 Å². The Labute approximate surface area is 74.0 Å². The van der Waals surface area contributed by atoms with Gasteiger partial charge in [0.2, 0.25) is 0 Å². The van der Waals surface area contributed by atoms with Gasteiger partial charge in [-0.3, -0.25) is 0 Å². The third-order valence-electron chi connectivity index (χ3n) is 1.78. The molecule has 72 valence electrons. The van der Waals surface area contributed by atoms with Crippen molar-refractivity contribution in [3.8, 4) is 0 Å². The Kier molecular flexibility index (Phi) is 2.64. The highest BCUT2D eigenvalue weighted by atomic mass is 32.2. The van der Waals surface area contributed by atoms with Crippen molar-refractivity contribution in [2.24, 2.45) is 0 Å². The lowest BCUT2D eigenvalue weighted by Gasteiger charge is -2.45. The average molecular weight is 196 g/mol. The van der Waals surface area contributed by atoms with E-state index in [0.717, 1.165) is 4.90 Å². The second-order valence-corrected chi connectivity index (χ2v) is 3.85. The van der Waals surface area contributed by atoms with Crippen LogP contribution in [0.25, 0.3) is 0 Å². The minimum atomic E-state index is -2.23. The monoisotopic (exact) mass is 196 g/mol. The Balaban J connectivity index is 2.78. The van der Waals surface area contributed by atoms with Crippen molar-refractivity contribution in [2.45, 2.75) is 17.2 Å². The molecule has 0 amide bonds. The molecule has 0 spiro atoms. The Bertz CT molecular complexity index is 179. The number of rotatable bonds is 0. The van der Waals surface area contributed by atoms with Gasteiger partial charge >= 0.3 is 0 Å². The van der Waals surface area contributed by atoms with E-state index in [1.54, 1.807) is 0 Å². The summed E-state index contributed by atoms with van der Waals surface area (Å²) >= 11 is 0.522. The molecule has 1 aliphatic heterocycles. The second-order valence-electron chi connectivity index (χ2n) is 2.64. The van der Waals surface area contributed by atoms with Gasteiger partial charge < -0.3 is 20.4 Å². The Morgan fingerprint density at radius 1 is 1.25 bits per heavy atom. The molecule has 1 aliphatic rings. The zero-order chi connectivity index (χ0) is 9.52. The fraction of sp³-hybridized carbons (Fsp3) is 1.00. The lowest BCUT2D eigenvalue weighted by Crippen LogP contribution is -2.62. The van der Waals surface area contributed by atoms with Crippen molar-refractivity contribution in [2.75, 3.05) is 14.1 Å². The van der Waals surface area contributed by atoms with Crippen molar-refractivity contribution in [3.63, 3.8) is 0 Å². The SMILES string of the molecule is CN1C(O)SC(O)(O)N(C)C1O. The molecule has 6 nitrogen and oxygen atoms in total. The maximum Gasteiger partial charge on any atom is 0.284 e. The van der Waals surface area contributed by atoms with E-state index in [4.69, 9.17) is 0 Å². The summed E-state index contributed by atoms with van der Waals surface area (Å²) in [5.74, 6) is 0. The lowest BCUT2D eigenvalue weighted by atomic mass is 10.6. The Morgan fingerprint density at radius 3 is 2.25 bits per heavy atom. The zero-order valence-electron chi connectivity index (χ0n) is 6.75. The molecular weight excluding hydrogens is 184 g/mol. The first-order valence-corrected chi connectivity index (χ1v) is 4.18. The van der Waals surface area contributed by atoms with Gasteiger partial charge in [0.15, 0.2) is 11.9 Å². The largest absolute Gasteiger partial charge is 0.369 e. The summed E-state index contributed by atoms with van der Waals surface area (Å²) in [5.41, 5.74) is -1.13. The number of hydrogen-bond acceptors (Lipinski definition) is 7. The van der Waals surface area contributed by atoms with E-state index in [1.165, 1.54) is 19.0 Å². The molecule has 12 heavy (non-hydrogen) atoms. The quantitative estimate of drug-likeness (QED) is 0.325. The molecule has 0 saturated carbocycles. The maximum atomic E-state index is 9.31. The van der Waals surface area contributed by atoms with E-state index in [9.17, 15) is 20.4 Å². The van der Waals surface area contributed by atoms with Gasteiger partial charge in [0.05, 0.1) is 0 Å². The van der Waals surface area contributed by atoms with E-state index in [2.05, 4.69) is 0 Å². The van der Waals surface area contributed by atoms with Crippen molar-refractivity contribution < 1.29 is 20.4 Å². The molecule has 0 aromatic rings. The molecule has 4 N–H and O–H groups in total. The van der Waals surface area contributed by atoms with E-state index in [-0.39, 0.29) is 0 Å². The van der Waals surface area contributed by atoms with Gasteiger partial charge in [0, 0.05) is 0 Å². The molecule has 2 atom stereocenters. The molecule has 7 heteroatoms. The highest BCUT2D eigenvalue weighted by Crippen LogP contribution is 2.34. The minimum absolute atomic E-state index is 0.522. The summed E-state index contributed by atoms with van der Waals surface area (Å²) in [7, 11) is 2.80. The number of thioether (sulfide) groups is 1. The fourth-order valence-electron chi connectivity index (χ4n) is 0.845. The predicted molar refractivity (Wildman–Crippen MR) is 42.3 cm³/mol. The van der Waals surface area contributed by atoms with Crippen LogP contribution in [-0.4, -0.2) is 61.5 Å². The molecule has 0 aliphatic carbocycles. The zero-order valence-corrected chi connectivity index (χ0v) is 7.56. The molecule has 0 radical (unpaired) electrons. The molecule has 1 rings (SSSR count). The van der Waals surface area contributed by atoms with Crippen molar-refractivity contribution in [1.82, 2.24) is 9.80 Å². The third kappa shape index (κ3) is 1.57. The van der Waals surface area contributed by atoms with Gasteiger partial charge in [-0.25, -0.2) is 9.80 Å². The van der Waals surface area contributed by atoms with Crippen LogP contribution in [0.15, 0.2) is 0 Å². The van der Waals surface area contributed by atoms with Gasteiger partial charge in [-0.15, -0.1) is 0 Å². The molecule has 1 heterocycles. The standard InChI is InChI=1S/C5H12N2O4S/c1-6-3(8)7(2)5(10,11)12-4(6)9/h3-4,8-11H,1-2H3. The predicted octanol–water partition coefficient (Wildman–Crippen LogP) is -2.26. The Morgan fingerprint density at radius 2 is 1.75 bits per heavy atom. The van der Waals surface area contributed by atoms with Crippen LogP contribution in [-0.2, 0) is 0 Å². The normalized spacial score (nSPS) is 38.5. The van der Waals surface area contributed by atoms with Crippen LogP contribution >= 0.6 is 11.8 Å². The maximum absolute atomic E-state index is 9.31. The highest BCUT2D eigenvalue weighted by molar-refractivity contribution is 8.00. The number of aliphatic hydroxyl groups is 4. The average Bonchev–Trinajstić information content (AvgIpc) is 1.97. The van der Waals surface area contributed by atoms with E-state index in [1.807, 2.05) is 0 Å². The summed E-state index contributed by atoms with van der Waals surface area (Å²) in [6, 6.07) is 0. The molecule has 1 saturated heterocycles. The summed E-state index contributed by atoms with van der Waals surface area (Å²) in [4.78, 5) is 2.11. The molecule has 0 aromatic heterocycles. The van der Waals surface area contributed by atoms with Crippen LogP contribution in [0.5, 0.6) is 0 Å². The van der Waals surface area contributed by atoms with Gasteiger partial charge in [-0.2, -0.15) is 0 Å². The number of nitrogens with zero attached hydrogens (tertiary/aromatic N) is 2. The summed E-state index contributed by atoms with van der Waals surface area (Å²) in [5, 5.41) is 34.7. The topological polar surface area (TPSA) is 87.4 Å². The lowest BCUT2D eigenvalue weighted by molar-refractivity contribution is -0.275. The van der Waals surface area contributed by atoms with Crippen LogP contribution in [0.1, 0.15) is 0 Å². The van der Waals surface area contributed by atoms with Crippen LogP contribution in [0.4, 0.5) is 0 Å². The first-order valence-electron chi connectivity index (χ1n) is 3.30. The van der Waals surface area contributed by atoms with Gasteiger partial charge in [-0.05, 0) is 25.9 Å². The molecule has 0 bridgehead atoms. The van der Waals surface area contributed by atoms with Gasteiger partial charge in [0.25, 0.3) is 5.24 Å². The van der Waals surface area contributed by atoms with Crippen molar-refractivity contribution >= 4 is 11.8 Å². The van der Waals surface area contributed by atoms with Crippen LogP contribution in [0, 0.1) is 0 Å². The fourth-order valence-corrected chi connectivity index (χ4v) is 1.66. The Hall–Kier alpha value is 0.110. The van der Waals surface area contributed by atoms with Crippen LogP contribution in [0.2, 0.25) is 0 Å². The second kappa shape index (κ2) is 3.11. The van der Waals surface area contributed by atoms with Crippen LogP contribution in [0.3, 0.4) is 0 Å². The van der Waals surface area contributed by atoms with Crippen molar-refractivity contribution in [3.05, 3.63) is 0 Å². The molecule has 1 fully saturated rings. The smallest absolute Gasteiger partial charge is 0.284 e. The summed E-state index contributed by atoms with van der Waals surface area (Å²) in [6.45, 7) is 0. The number of aliphatic hydroxyl groups excluding tert-OH is 2. The number of hydrogen-bond donors (Lipinski definition) is 4. The van der Waals surface area contributed by atoms with Crippen LogP contribution < -0.4 is 0 Å². The van der Waals surface area contributed by atoms with Gasteiger partial charge in [0.1, 0.15) is 0 Å². The van der Waals surface area contributed by atoms with E-state index in [0.29, 0.717) is 11.8 Å². The first-order chi connectivity index (χ1) is 5.36. The highest BCUT2D eigenvalue weighted by Gasteiger charge is 2.45. The molecular formula is C5H12N2O4S. The minimum Gasteiger partial charge on any atom is -0.369 e. The summed E-state index contributed by atoms with van der Waals surface area (Å²) in [6.07, 6.45) is -1.21. The summed E-state index contributed by atoms with van der Waals surface area (Å²) < 4.78 is 0. The first kappa shape index (κ1) is 10.2. The molecule has 0 aromatic carbocycles. The van der Waals surface area contributed by atoms with Crippen molar-refractivity contribution in [1.29, 1.82) is 0 Å². The van der Waals surface area contributed by atoms with E-state index < -0.39 is 17.2 Å².